The van der Waals surface area contributed by atoms with E-state index in [0.717, 1.165) is 20.8 Å². The van der Waals surface area contributed by atoms with Crippen LogP contribution >= 0.6 is 22.9 Å². The van der Waals surface area contributed by atoms with Gasteiger partial charge in [0.2, 0.25) is 5.43 Å². The van der Waals surface area contributed by atoms with Crippen LogP contribution in [0.5, 0.6) is 0 Å². The summed E-state index contributed by atoms with van der Waals surface area (Å²) in [5.74, 6) is -0.413. The predicted octanol–water partition coefficient (Wildman–Crippen LogP) is 4.12. The number of carbonyl (C=O) groups is 1. The van der Waals surface area contributed by atoms with E-state index in [-0.39, 0.29) is 17.0 Å². The summed E-state index contributed by atoms with van der Waals surface area (Å²) in [5.41, 5.74) is 1.57. The number of nitrogens with zero attached hydrogens (tertiary/aromatic N) is 2. The fourth-order valence-corrected chi connectivity index (χ4v) is 5.89. The Hall–Kier alpha value is -3.01. The number of rotatable bonds is 7. The monoisotopic (exact) mass is 537 g/mol. The number of nitrogens with one attached hydrogen (secondary N) is 1. The maximum atomic E-state index is 13.3. The van der Waals surface area contributed by atoms with E-state index < -0.39 is 12.0 Å². The smallest absolute Gasteiger partial charge is 0.257 e. The van der Waals surface area contributed by atoms with Gasteiger partial charge in [0.1, 0.15) is 10.4 Å². The molecule has 0 aliphatic carbocycles. The minimum Gasteiger partial charge on any atom is -0.387 e. The van der Waals surface area contributed by atoms with Crippen LogP contribution < -0.4 is 10.7 Å². The van der Waals surface area contributed by atoms with E-state index in [0.29, 0.717) is 43.3 Å². The van der Waals surface area contributed by atoms with Crippen molar-refractivity contribution in [3.63, 3.8) is 0 Å². The Morgan fingerprint density at radius 3 is 2.73 bits per heavy atom. The lowest BCUT2D eigenvalue weighted by atomic mass is 10.0. The lowest BCUT2D eigenvalue weighted by Crippen LogP contribution is -2.48. The summed E-state index contributed by atoms with van der Waals surface area (Å²) < 4.78 is 7.52. The van der Waals surface area contributed by atoms with Crippen molar-refractivity contribution >= 4 is 39.1 Å². The number of benzene rings is 2. The molecule has 1 aliphatic heterocycles. The van der Waals surface area contributed by atoms with E-state index in [4.69, 9.17) is 16.3 Å². The number of halogens is 1. The Kier molecular flexibility index (Phi) is 7.73. The van der Waals surface area contributed by atoms with Crippen LogP contribution in [0.15, 0.2) is 71.7 Å². The lowest BCUT2D eigenvalue weighted by molar-refractivity contribution is -0.0629. The van der Waals surface area contributed by atoms with Crippen molar-refractivity contribution in [1.29, 1.82) is 0 Å². The summed E-state index contributed by atoms with van der Waals surface area (Å²) in [7, 11) is 1.84. The molecule has 2 atom stereocenters. The van der Waals surface area contributed by atoms with Gasteiger partial charge < -0.3 is 19.7 Å². The van der Waals surface area contributed by atoms with Gasteiger partial charge in [-0.15, -0.1) is 11.3 Å². The molecule has 0 radical (unpaired) electrons. The maximum Gasteiger partial charge on any atom is 0.257 e. The van der Waals surface area contributed by atoms with Gasteiger partial charge >= 0.3 is 0 Å². The van der Waals surface area contributed by atoms with Crippen molar-refractivity contribution < 1.29 is 14.6 Å². The van der Waals surface area contributed by atoms with E-state index in [1.54, 1.807) is 18.3 Å². The van der Waals surface area contributed by atoms with Crippen LogP contribution in [-0.4, -0.2) is 46.3 Å². The molecule has 7 nitrogen and oxygen atoms in total. The van der Waals surface area contributed by atoms with Gasteiger partial charge in [-0.3, -0.25) is 14.5 Å². The molecular weight excluding hydrogens is 510 g/mol. The Balaban J connectivity index is 1.36. The Bertz CT molecular complexity index is 1450. The fraction of sp³-hybridized carbons (Fsp3) is 0.286. The number of ether oxygens (including phenoxy) is 1. The molecule has 9 heteroatoms. The van der Waals surface area contributed by atoms with Gasteiger partial charge in [-0.2, -0.15) is 0 Å². The third-order valence-corrected chi connectivity index (χ3v) is 8.11. The summed E-state index contributed by atoms with van der Waals surface area (Å²) in [5, 5.41) is 15.0. The number of aromatic nitrogens is 1. The Morgan fingerprint density at radius 2 is 1.97 bits per heavy atom. The van der Waals surface area contributed by atoms with Gasteiger partial charge in [-0.05, 0) is 29.3 Å². The largest absolute Gasteiger partial charge is 0.387 e. The molecule has 192 valence electrons. The Morgan fingerprint density at radius 1 is 1.22 bits per heavy atom. The summed E-state index contributed by atoms with van der Waals surface area (Å²) in [6.45, 7) is 2.57. The standard InChI is InChI=1S/C28H28ClN3O4S/c1-31-16-23(27(35)30-14-18-7-9-20(29)10-8-18)26(34)22-13-21(37-28(22)31)15-32-11-12-36-17-24(32)25(33)19-5-3-2-4-6-19/h2-10,13,16,24-25,33H,11-12,14-15,17H2,1H3,(H,30,35)/t24-,25-/m0/s1. The van der Waals surface area contributed by atoms with E-state index in [1.165, 1.54) is 11.3 Å². The van der Waals surface area contributed by atoms with Crippen molar-refractivity contribution in [2.45, 2.75) is 25.2 Å². The molecule has 2 aromatic carbocycles. The highest BCUT2D eigenvalue weighted by Crippen LogP contribution is 2.29. The van der Waals surface area contributed by atoms with Crippen molar-refractivity contribution in [3.05, 3.63) is 104 Å². The van der Waals surface area contributed by atoms with Crippen LogP contribution in [0, 0.1) is 0 Å². The van der Waals surface area contributed by atoms with Crippen LogP contribution in [0.2, 0.25) is 5.02 Å². The number of aliphatic hydroxyl groups excluding tert-OH is 1. The summed E-state index contributed by atoms with van der Waals surface area (Å²) in [4.78, 5) is 30.2. The molecule has 5 rings (SSSR count). The lowest BCUT2D eigenvalue weighted by Gasteiger charge is -2.38. The first-order chi connectivity index (χ1) is 17.9. The minimum absolute atomic E-state index is 0.108. The highest BCUT2D eigenvalue weighted by atomic mass is 35.5. The van der Waals surface area contributed by atoms with Crippen LogP contribution in [0.4, 0.5) is 0 Å². The predicted molar refractivity (Wildman–Crippen MR) is 146 cm³/mol. The first-order valence-corrected chi connectivity index (χ1v) is 13.3. The second kappa shape index (κ2) is 11.2. The molecule has 0 bridgehead atoms. The van der Waals surface area contributed by atoms with Gasteiger partial charge in [0.25, 0.3) is 5.91 Å². The number of pyridine rings is 1. The normalized spacial score (nSPS) is 17.1. The number of amides is 1. The van der Waals surface area contributed by atoms with Crippen molar-refractivity contribution in [1.82, 2.24) is 14.8 Å². The van der Waals surface area contributed by atoms with Crippen molar-refractivity contribution in [3.8, 4) is 0 Å². The van der Waals surface area contributed by atoms with Crippen molar-refractivity contribution in [2.24, 2.45) is 7.05 Å². The van der Waals surface area contributed by atoms with E-state index in [9.17, 15) is 14.7 Å². The Labute approximate surface area is 223 Å². The average Bonchev–Trinajstić information content (AvgIpc) is 3.35. The SMILES string of the molecule is Cn1cc(C(=O)NCc2ccc(Cl)cc2)c(=O)c2cc(CN3CCOC[C@H]3[C@@H](O)c3ccccc3)sc21. The summed E-state index contributed by atoms with van der Waals surface area (Å²) >= 11 is 7.45. The molecule has 0 saturated carbocycles. The van der Waals surface area contributed by atoms with Crippen LogP contribution in [-0.2, 0) is 24.9 Å². The zero-order chi connectivity index (χ0) is 25.9. The number of morpholine rings is 1. The molecule has 1 amide bonds. The second-order valence-electron chi connectivity index (χ2n) is 9.19. The fourth-order valence-electron chi connectivity index (χ4n) is 4.65. The minimum atomic E-state index is -0.682. The van der Waals surface area contributed by atoms with Gasteiger partial charge in [-0.25, -0.2) is 0 Å². The quantitative estimate of drug-likeness (QED) is 0.370. The van der Waals surface area contributed by atoms with Gasteiger partial charge in [0, 0.05) is 42.8 Å². The first-order valence-electron chi connectivity index (χ1n) is 12.1. The van der Waals surface area contributed by atoms with E-state index >= 15 is 0 Å². The van der Waals surface area contributed by atoms with Crippen LogP contribution in [0.3, 0.4) is 0 Å². The molecule has 1 fully saturated rings. The molecule has 37 heavy (non-hydrogen) atoms. The first kappa shape index (κ1) is 25.6. The molecule has 3 heterocycles. The molecule has 0 spiro atoms. The van der Waals surface area contributed by atoms with Gasteiger partial charge in [-0.1, -0.05) is 54.1 Å². The zero-order valence-corrected chi connectivity index (χ0v) is 22.0. The number of hydrogen-bond donors (Lipinski definition) is 2. The van der Waals surface area contributed by atoms with Gasteiger partial charge in [0.15, 0.2) is 0 Å². The molecular formula is C28H28ClN3O4S. The number of fused-ring (bicyclic) bond motifs is 1. The number of hydrogen-bond acceptors (Lipinski definition) is 6. The average molecular weight is 538 g/mol. The highest BCUT2D eigenvalue weighted by Gasteiger charge is 2.31. The molecule has 2 N–H and O–H groups in total. The van der Waals surface area contributed by atoms with Crippen LogP contribution in [0.25, 0.3) is 10.2 Å². The second-order valence-corrected chi connectivity index (χ2v) is 10.7. The summed E-state index contributed by atoms with van der Waals surface area (Å²) in [6.07, 6.45) is 0.914. The summed E-state index contributed by atoms with van der Waals surface area (Å²) in [6, 6.07) is 18.5. The number of aryl methyl sites for hydroxylation is 1. The zero-order valence-electron chi connectivity index (χ0n) is 20.4. The van der Waals surface area contributed by atoms with E-state index in [1.807, 2.05) is 60.1 Å². The topological polar surface area (TPSA) is 83.8 Å². The molecule has 4 aromatic rings. The van der Waals surface area contributed by atoms with E-state index in [2.05, 4.69) is 10.2 Å². The maximum absolute atomic E-state index is 13.3. The molecule has 1 aliphatic rings. The van der Waals surface area contributed by atoms with Crippen LogP contribution in [0.1, 0.15) is 32.5 Å². The molecule has 2 aromatic heterocycles. The number of aliphatic hydroxyl groups is 1. The third-order valence-electron chi connectivity index (χ3n) is 6.65. The highest BCUT2D eigenvalue weighted by molar-refractivity contribution is 7.18. The van der Waals surface area contributed by atoms with Crippen molar-refractivity contribution in [2.75, 3.05) is 19.8 Å². The number of carbonyl (C=O) groups excluding carboxylic acids is 1. The molecule has 0 unspecified atom stereocenters. The number of thiophene rings is 1. The third kappa shape index (κ3) is 5.63. The van der Waals surface area contributed by atoms with Gasteiger partial charge in [0.05, 0.1) is 30.7 Å². The molecule has 1 saturated heterocycles.